The fraction of sp³-hybridized carbons (Fsp3) is 0.227. The van der Waals surface area contributed by atoms with Crippen LogP contribution in [-0.4, -0.2) is 17.7 Å². The number of hydrogen-bond acceptors (Lipinski definition) is 3. The van der Waals surface area contributed by atoms with E-state index >= 15 is 0 Å². The van der Waals surface area contributed by atoms with Gasteiger partial charge in [-0.1, -0.05) is 42.5 Å². The smallest absolute Gasteiger partial charge is 0.342 e. The first kappa shape index (κ1) is 15.7. The number of aromatic hydroxyl groups is 1. The lowest BCUT2D eigenvalue weighted by Crippen LogP contribution is -2.09. The zero-order chi connectivity index (χ0) is 17.4. The summed E-state index contributed by atoms with van der Waals surface area (Å²) in [6, 6.07) is 16.2. The van der Waals surface area contributed by atoms with Gasteiger partial charge in [-0.25, -0.2) is 4.79 Å². The molecule has 3 nitrogen and oxygen atoms in total. The summed E-state index contributed by atoms with van der Waals surface area (Å²) in [6.07, 6.45) is 2.71. The van der Waals surface area contributed by atoms with Crippen LogP contribution in [0.15, 0.2) is 48.5 Å². The van der Waals surface area contributed by atoms with Crippen molar-refractivity contribution < 1.29 is 14.6 Å². The number of carbonyl (C=O) groups excluding carboxylic acids is 1. The molecule has 1 N–H and O–H groups in total. The van der Waals surface area contributed by atoms with Gasteiger partial charge in [0.1, 0.15) is 11.3 Å². The third-order valence-electron chi connectivity index (χ3n) is 4.94. The molecule has 3 aromatic carbocycles. The summed E-state index contributed by atoms with van der Waals surface area (Å²) in [5.74, 6) is -0.412. The minimum Gasteiger partial charge on any atom is -0.507 e. The van der Waals surface area contributed by atoms with E-state index in [1.165, 1.54) is 5.39 Å². The molecule has 4 rings (SSSR count). The molecule has 0 fully saturated rings. The average molecular weight is 332 g/mol. The van der Waals surface area contributed by atoms with E-state index in [9.17, 15) is 9.90 Å². The van der Waals surface area contributed by atoms with Crippen molar-refractivity contribution in [1.29, 1.82) is 0 Å². The Labute approximate surface area is 146 Å². The molecule has 1 aliphatic carbocycles. The first-order valence-electron chi connectivity index (χ1n) is 8.73. The third kappa shape index (κ3) is 2.56. The van der Waals surface area contributed by atoms with Gasteiger partial charge in [-0.2, -0.15) is 0 Å². The predicted molar refractivity (Wildman–Crippen MR) is 99.0 cm³/mol. The normalized spacial score (nSPS) is 13.0. The fourth-order valence-corrected chi connectivity index (χ4v) is 3.90. The first-order chi connectivity index (χ1) is 12.2. The molecule has 0 amide bonds. The van der Waals surface area contributed by atoms with Crippen molar-refractivity contribution in [1.82, 2.24) is 0 Å². The van der Waals surface area contributed by atoms with E-state index in [4.69, 9.17) is 4.74 Å². The van der Waals surface area contributed by atoms with Crippen LogP contribution in [0.3, 0.4) is 0 Å². The van der Waals surface area contributed by atoms with E-state index in [0.717, 1.165) is 46.9 Å². The minimum absolute atomic E-state index is 0.0158. The summed E-state index contributed by atoms with van der Waals surface area (Å²) in [5.41, 5.74) is 4.58. The van der Waals surface area contributed by atoms with Crippen LogP contribution in [0.25, 0.3) is 21.9 Å². The summed E-state index contributed by atoms with van der Waals surface area (Å²) < 4.78 is 5.15. The summed E-state index contributed by atoms with van der Waals surface area (Å²) in [7, 11) is 0. The van der Waals surface area contributed by atoms with Gasteiger partial charge < -0.3 is 9.84 Å². The topological polar surface area (TPSA) is 46.5 Å². The zero-order valence-electron chi connectivity index (χ0n) is 14.2. The Morgan fingerprint density at radius 2 is 1.80 bits per heavy atom. The van der Waals surface area contributed by atoms with E-state index in [1.807, 2.05) is 18.2 Å². The van der Waals surface area contributed by atoms with E-state index in [-0.39, 0.29) is 5.75 Å². The highest BCUT2D eigenvalue weighted by Gasteiger charge is 2.27. The summed E-state index contributed by atoms with van der Waals surface area (Å²) in [6.45, 7) is 2.08. The highest BCUT2D eigenvalue weighted by atomic mass is 16.5. The zero-order valence-corrected chi connectivity index (χ0v) is 14.2. The lowest BCUT2D eigenvalue weighted by molar-refractivity contribution is 0.0522. The van der Waals surface area contributed by atoms with Gasteiger partial charge in [0.05, 0.1) is 6.61 Å². The third-order valence-corrected chi connectivity index (χ3v) is 4.94. The summed E-state index contributed by atoms with van der Waals surface area (Å²) >= 11 is 0. The molecule has 0 saturated carbocycles. The van der Waals surface area contributed by atoms with Crippen molar-refractivity contribution in [2.45, 2.75) is 26.2 Å². The van der Waals surface area contributed by atoms with Crippen molar-refractivity contribution in [2.75, 3.05) is 6.61 Å². The second kappa shape index (κ2) is 6.25. The van der Waals surface area contributed by atoms with Gasteiger partial charge in [0.15, 0.2) is 0 Å². The lowest BCUT2D eigenvalue weighted by Gasteiger charge is -2.16. The second-order valence-electron chi connectivity index (χ2n) is 6.38. The van der Waals surface area contributed by atoms with Crippen molar-refractivity contribution in [3.05, 3.63) is 65.2 Å². The monoisotopic (exact) mass is 332 g/mol. The number of carbonyl (C=O) groups is 1. The predicted octanol–water partition coefficient (Wildman–Crippen LogP) is 4.88. The molecule has 3 aromatic rings. The van der Waals surface area contributed by atoms with Gasteiger partial charge in [0, 0.05) is 0 Å². The molecule has 0 atom stereocenters. The standard InChI is InChI=1S/C22H20O3/c1-2-25-22(24)21-18-12-6-11-17(18)19(13-20(21)23)16-10-5-8-14-7-3-4-9-15(14)16/h3-5,7-10,13,23H,2,6,11-12H2,1H3. The van der Waals surface area contributed by atoms with Gasteiger partial charge in [-0.05, 0) is 65.3 Å². The number of rotatable bonds is 3. The quantitative estimate of drug-likeness (QED) is 0.696. The summed E-state index contributed by atoms with van der Waals surface area (Å²) in [4.78, 5) is 12.3. The highest BCUT2D eigenvalue weighted by Crippen LogP contribution is 2.41. The molecule has 25 heavy (non-hydrogen) atoms. The SMILES string of the molecule is CCOC(=O)c1c(O)cc(-c2cccc3ccccc23)c2c1CCC2. The Morgan fingerprint density at radius 3 is 2.64 bits per heavy atom. The first-order valence-corrected chi connectivity index (χ1v) is 8.73. The molecular formula is C22H20O3. The van der Waals surface area contributed by atoms with Gasteiger partial charge in [0.2, 0.25) is 0 Å². The molecule has 0 aromatic heterocycles. The molecule has 0 heterocycles. The minimum atomic E-state index is -0.428. The lowest BCUT2D eigenvalue weighted by atomic mass is 9.90. The highest BCUT2D eigenvalue weighted by molar-refractivity contribution is 6.01. The van der Waals surface area contributed by atoms with Crippen LogP contribution in [0.5, 0.6) is 5.75 Å². The molecule has 1 aliphatic rings. The van der Waals surface area contributed by atoms with E-state index < -0.39 is 5.97 Å². The van der Waals surface area contributed by atoms with Crippen molar-refractivity contribution in [3.63, 3.8) is 0 Å². The molecule has 0 unspecified atom stereocenters. The van der Waals surface area contributed by atoms with Crippen LogP contribution in [0.1, 0.15) is 34.8 Å². The fourth-order valence-electron chi connectivity index (χ4n) is 3.90. The number of phenols is 1. The number of esters is 1. The molecule has 0 aliphatic heterocycles. The largest absolute Gasteiger partial charge is 0.507 e. The number of ether oxygens (including phenoxy) is 1. The number of phenolic OH excluding ortho intramolecular Hbond substituents is 1. The molecular weight excluding hydrogens is 312 g/mol. The molecule has 0 bridgehead atoms. The molecule has 126 valence electrons. The van der Waals surface area contributed by atoms with Crippen molar-refractivity contribution in [3.8, 4) is 16.9 Å². The maximum Gasteiger partial charge on any atom is 0.342 e. The second-order valence-corrected chi connectivity index (χ2v) is 6.38. The maximum absolute atomic E-state index is 12.3. The maximum atomic E-state index is 12.3. The van der Waals surface area contributed by atoms with Gasteiger partial charge in [-0.3, -0.25) is 0 Å². The van der Waals surface area contributed by atoms with E-state index in [2.05, 4.69) is 24.3 Å². The number of benzene rings is 3. The number of fused-ring (bicyclic) bond motifs is 2. The van der Waals surface area contributed by atoms with Crippen molar-refractivity contribution >= 4 is 16.7 Å². The van der Waals surface area contributed by atoms with Crippen LogP contribution in [0, 0.1) is 0 Å². The number of hydrogen-bond donors (Lipinski definition) is 1. The van der Waals surface area contributed by atoms with Crippen LogP contribution < -0.4 is 0 Å². The Kier molecular flexibility index (Phi) is 3.92. The Balaban J connectivity index is 1.97. The average Bonchev–Trinajstić information content (AvgIpc) is 3.10. The van der Waals surface area contributed by atoms with Crippen LogP contribution in [-0.2, 0) is 17.6 Å². The summed E-state index contributed by atoms with van der Waals surface area (Å²) in [5, 5.41) is 12.9. The Morgan fingerprint density at radius 1 is 1.04 bits per heavy atom. The van der Waals surface area contributed by atoms with Crippen LogP contribution in [0.4, 0.5) is 0 Å². The molecule has 0 spiro atoms. The van der Waals surface area contributed by atoms with E-state index in [1.54, 1.807) is 13.0 Å². The van der Waals surface area contributed by atoms with Gasteiger partial charge in [-0.15, -0.1) is 0 Å². The molecule has 0 saturated heterocycles. The van der Waals surface area contributed by atoms with Crippen LogP contribution >= 0.6 is 0 Å². The van der Waals surface area contributed by atoms with Gasteiger partial charge >= 0.3 is 5.97 Å². The Bertz CT molecular complexity index is 967. The molecule has 0 radical (unpaired) electrons. The molecule has 3 heteroatoms. The van der Waals surface area contributed by atoms with Gasteiger partial charge in [0.25, 0.3) is 0 Å². The van der Waals surface area contributed by atoms with Crippen molar-refractivity contribution in [2.24, 2.45) is 0 Å². The van der Waals surface area contributed by atoms with Crippen LogP contribution in [0.2, 0.25) is 0 Å². The van der Waals surface area contributed by atoms with E-state index in [0.29, 0.717) is 12.2 Å². The Hall–Kier alpha value is -2.81.